The Morgan fingerprint density at radius 2 is 1.65 bits per heavy atom. The number of hydrogen-bond acceptors (Lipinski definition) is 4. The van der Waals surface area contributed by atoms with Crippen LogP contribution in [-0.4, -0.2) is 29.7 Å². The van der Waals surface area contributed by atoms with Gasteiger partial charge in [-0.15, -0.1) is 0 Å². The number of ether oxygens (including phenoxy) is 2. The zero-order valence-electron chi connectivity index (χ0n) is 24.2. The van der Waals surface area contributed by atoms with Gasteiger partial charge in [-0.1, -0.05) is 61.8 Å². The Balaban J connectivity index is 1.58. The minimum Gasteiger partial charge on any atom is -0.477 e. The average Bonchev–Trinajstić information content (AvgIpc) is 3.18. The van der Waals surface area contributed by atoms with Gasteiger partial charge in [0, 0.05) is 28.7 Å². The number of methoxy groups -OCH3 is 1. The Labute approximate surface area is 241 Å². The Kier molecular flexibility index (Phi) is 8.89. The molecule has 4 aromatic rings. The molecule has 1 amide bonds. The molecule has 0 saturated carbocycles. The highest BCUT2D eigenvalue weighted by atomic mass is 35.5. The summed E-state index contributed by atoms with van der Waals surface area (Å²) in [5.41, 5.74) is 7.00. The van der Waals surface area contributed by atoms with Crippen molar-refractivity contribution >= 4 is 34.4 Å². The molecule has 0 aliphatic carbocycles. The van der Waals surface area contributed by atoms with E-state index in [-0.39, 0.29) is 11.9 Å². The highest BCUT2D eigenvalue weighted by Gasteiger charge is 2.20. The molecule has 0 unspecified atom stereocenters. The van der Waals surface area contributed by atoms with E-state index in [0.717, 1.165) is 33.3 Å². The molecule has 0 aliphatic rings. The molecule has 0 bridgehead atoms. The van der Waals surface area contributed by atoms with Crippen LogP contribution in [-0.2, 0) is 16.1 Å². The molecule has 0 fully saturated rings. The second-order valence-corrected chi connectivity index (χ2v) is 10.9. The molecule has 3 aromatic carbocycles. The quantitative estimate of drug-likeness (QED) is 0.215. The van der Waals surface area contributed by atoms with Crippen molar-refractivity contribution in [2.75, 3.05) is 7.11 Å². The van der Waals surface area contributed by atoms with E-state index in [1.165, 1.54) is 12.7 Å². The summed E-state index contributed by atoms with van der Waals surface area (Å²) in [5, 5.41) is 4.62. The number of benzene rings is 3. The predicted molar refractivity (Wildman–Crippen MR) is 160 cm³/mol. The normalized spacial score (nSPS) is 12.8. The molecule has 2 atom stereocenters. The number of aromatic nitrogens is 1. The molecular formula is C33H37ClN2O4. The summed E-state index contributed by atoms with van der Waals surface area (Å²) < 4.78 is 12.7. The van der Waals surface area contributed by atoms with Crippen molar-refractivity contribution in [2.45, 2.75) is 66.2 Å². The number of fused-ring (bicyclic) bond motifs is 1. The molecule has 210 valence electrons. The maximum Gasteiger partial charge on any atom is 0.346 e. The molecule has 0 spiro atoms. The zero-order chi connectivity index (χ0) is 29.1. The maximum atomic E-state index is 13.2. The van der Waals surface area contributed by atoms with Crippen LogP contribution in [0.3, 0.4) is 0 Å². The number of carbonyl (C=O) groups excluding carboxylic acids is 2. The summed E-state index contributed by atoms with van der Waals surface area (Å²) in [6, 6.07) is 19.6. The first kappa shape index (κ1) is 29.2. The summed E-state index contributed by atoms with van der Waals surface area (Å²) >= 11 is 6.71. The van der Waals surface area contributed by atoms with Crippen molar-refractivity contribution in [3.05, 3.63) is 99.2 Å². The Bertz CT molecular complexity index is 1560. The van der Waals surface area contributed by atoms with Crippen LogP contribution in [0.15, 0.2) is 60.7 Å². The number of rotatable bonds is 9. The number of esters is 1. The molecular weight excluding hydrogens is 524 g/mol. The van der Waals surface area contributed by atoms with Crippen LogP contribution in [0.25, 0.3) is 10.9 Å². The monoisotopic (exact) mass is 560 g/mol. The minimum absolute atomic E-state index is 0.109. The van der Waals surface area contributed by atoms with Gasteiger partial charge in [-0.3, -0.25) is 4.79 Å². The number of amides is 1. The largest absolute Gasteiger partial charge is 0.477 e. The third-order valence-electron chi connectivity index (χ3n) is 7.53. The fourth-order valence-electron chi connectivity index (χ4n) is 4.89. The highest BCUT2D eigenvalue weighted by Crippen LogP contribution is 2.33. The van der Waals surface area contributed by atoms with Gasteiger partial charge in [0.1, 0.15) is 5.75 Å². The van der Waals surface area contributed by atoms with Crippen molar-refractivity contribution in [2.24, 2.45) is 0 Å². The van der Waals surface area contributed by atoms with E-state index in [1.807, 2.05) is 43.3 Å². The number of hydrogen-bond donors (Lipinski definition) is 1. The molecule has 1 heterocycles. The van der Waals surface area contributed by atoms with Crippen LogP contribution in [0.2, 0.25) is 5.02 Å². The van der Waals surface area contributed by atoms with E-state index < -0.39 is 12.1 Å². The summed E-state index contributed by atoms with van der Waals surface area (Å²) in [7, 11) is 1.32. The van der Waals surface area contributed by atoms with Crippen LogP contribution in [0.4, 0.5) is 0 Å². The molecule has 7 heteroatoms. The third kappa shape index (κ3) is 6.02. The molecule has 0 radical (unpaired) electrons. The third-order valence-corrected chi connectivity index (χ3v) is 7.96. The molecule has 0 saturated heterocycles. The van der Waals surface area contributed by atoms with E-state index in [2.05, 4.69) is 55.8 Å². The van der Waals surface area contributed by atoms with Crippen LogP contribution < -0.4 is 10.1 Å². The van der Waals surface area contributed by atoms with Crippen molar-refractivity contribution in [3.8, 4) is 5.75 Å². The van der Waals surface area contributed by atoms with Crippen molar-refractivity contribution < 1.29 is 19.1 Å². The summed E-state index contributed by atoms with van der Waals surface area (Å²) in [6.45, 7) is 12.6. The average molecular weight is 561 g/mol. The second-order valence-electron chi connectivity index (χ2n) is 10.6. The molecule has 0 aliphatic heterocycles. The number of nitrogens with one attached hydrogen (secondary N) is 1. The van der Waals surface area contributed by atoms with Crippen LogP contribution in [0, 0.1) is 13.8 Å². The standard InChI is InChI=1S/C33H37ClN2O4/c1-19(2)24-10-8-11-25(16-24)21(4)35-32(37)26-14-15-29-28(17-26)20(3)22(5)36(29)18-27-12-9-13-30(31(27)34)40-23(6)33(38)39-7/h8-17,19,21,23H,18H2,1-7H3,(H,35,37)/t21-,23-/m0/s1. The lowest BCUT2D eigenvalue weighted by Gasteiger charge is -2.17. The fraction of sp³-hybridized carbons (Fsp3) is 0.333. The van der Waals surface area contributed by atoms with Gasteiger partial charge in [0.2, 0.25) is 0 Å². The maximum absolute atomic E-state index is 13.2. The van der Waals surface area contributed by atoms with Gasteiger partial charge in [0.25, 0.3) is 5.91 Å². The van der Waals surface area contributed by atoms with Crippen molar-refractivity contribution in [3.63, 3.8) is 0 Å². The lowest BCUT2D eigenvalue weighted by Crippen LogP contribution is -2.26. The Hall–Kier alpha value is -3.77. The van der Waals surface area contributed by atoms with Crippen molar-refractivity contribution in [1.29, 1.82) is 0 Å². The molecule has 6 nitrogen and oxygen atoms in total. The highest BCUT2D eigenvalue weighted by molar-refractivity contribution is 6.32. The first-order chi connectivity index (χ1) is 19.0. The summed E-state index contributed by atoms with van der Waals surface area (Å²) in [6.07, 6.45) is -0.777. The second kappa shape index (κ2) is 12.2. The van der Waals surface area contributed by atoms with E-state index in [9.17, 15) is 9.59 Å². The van der Waals surface area contributed by atoms with Gasteiger partial charge in [0.05, 0.1) is 18.2 Å². The molecule has 1 aromatic heterocycles. The van der Waals surface area contributed by atoms with Gasteiger partial charge in [-0.25, -0.2) is 4.79 Å². The van der Waals surface area contributed by atoms with Crippen LogP contribution >= 0.6 is 11.6 Å². The van der Waals surface area contributed by atoms with E-state index in [1.54, 1.807) is 13.0 Å². The number of aryl methyl sites for hydroxylation is 1. The van der Waals surface area contributed by atoms with Gasteiger partial charge in [-0.05, 0) is 80.1 Å². The zero-order valence-corrected chi connectivity index (χ0v) is 24.9. The van der Waals surface area contributed by atoms with Crippen molar-refractivity contribution in [1.82, 2.24) is 9.88 Å². The van der Waals surface area contributed by atoms with E-state index >= 15 is 0 Å². The molecule has 4 rings (SSSR count). The lowest BCUT2D eigenvalue weighted by atomic mass is 9.98. The number of nitrogens with zero attached hydrogens (tertiary/aromatic N) is 1. The predicted octanol–water partition coefficient (Wildman–Crippen LogP) is 7.51. The van der Waals surface area contributed by atoms with Crippen LogP contribution in [0.5, 0.6) is 5.75 Å². The van der Waals surface area contributed by atoms with Gasteiger partial charge in [0.15, 0.2) is 6.10 Å². The van der Waals surface area contributed by atoms with Gasteiger partial charge >= 0.3 is 5.97 Å². The Morgan fingerprint density at radius 1 is 0.950 bits per heavy atom. The summed E-state index contributed by atoms with van der Waals surface area (Å²) in [4.78, 5) is 25.1. The topological polar surface area (TPSA) is 69.6 Å². The van der Waals surface area contributed by atoms with Gasteiger partial charge in [-0.2, -0.15) is 0 Å². The summed E-state index contributed by atoms with van der Waals surface area (Å²) in [5.74, 6) is 0.271. The number of halogens is 1. The first-order valence-electron chi connectivity index (χ1n) is 13.5. The Morgan fingerprint density at radius 3 is 2.35 bits per heavy atom. The first-order valence-corrected chi connectivity index (χ1v) is 13.9. The number of carbonyl (C=O) groups is 2. The lowest BCUT2D eigenvalue weighted by molar-refractivity contribution is -0.147. The smallest absolute Gasteiger partial charge is 0.346 e. The van der Waals surface area contributed by atoms with E-state index in [0.29, 0.717) is 28.8 Å². The van der Waals surface area contributed by atoms with Gasteiger partial charge < -0.3 is 19.4 Å². The fourth-order valence-corrected chi connectivity index (χ4v) is 5.12. The van der Waals surface area contributed by atoms with E-state index in [4.69, 9.17) is 21.1 Å². The van der Waals surface area contributed by atoms with Crippen LogP contribution in [0.1, 0.15) is 78.0 Å². The molecule has 1 N–H and O–H groups in total. The minimum atomic E-state index is -0.777. The molecule has 40 heavy (non-hydrogen) atoms. The SMILES string of the molecule is COC(=O)[C@H](C)Oc1cccc(Cn2c(C)c(C)c3cc(C(=O)N[C@@H](C)c4cccc(C(C)C)c4)ccc32)c1Cl.